The number of carbonyl (C=O) groups is 1. The Labute approximate surface area is 170 Å². The number of anilines is 1. The number of benzene rings is 2. The molecule has 2 aromatic carbocycles. The lowest BCUT2D eigenvalue weighted by atomic mass is 9.97. The van der Waals surface area contributed by atoms with E-state index in [9.17, 15) is 13.2 Å². The molecule has 150 valence electrons. The summed E-state index contributed by atoms with van der Waals surface area (Å²) in [6.07, 6.45) is 0.997. The molecule has 0 aliphatic carbocycles. The van der Waals surface area contributed by atoms with Crippen LogP contribution in [0, 0.1) is 5.92 Å². The molecule has 2 aromatic rings. The summed E-state index contributed by atoms with van der Waals surface area (Å²) in [5.74, 6) is 0.704. The predicted molar refractivity (Wildman–Crippen MR) is 110 cm³/mol. The molecule has 1 aliphatic rings. The molecule has 0 saturated carbocycles. The molecule has 0 spiro atoms. The highest BCUT2D eigenvalue weighted by Crippen LogP contribution is 2.34. The molecule has 0 unspecified atom stereocenters. The van der Waals surface area contributed by atoms with Crippen LogP contribution in [0.3, 0.4) is 0 Å². The standard InChI is InChI=1S/C20H23ClN2O4S/c1-2-28(25,26)23-13-11-15(12-14-23)20(24)22-17-8-4-6-10-19(17)27-18-9-5-3-7-16(18)21/h3-10,15H,2,11-14H2,1H3,(H,22,24). The van der Waals surface area contributed by atoms with E-state index in [-0.39, 0.29) is 17.6 Å². The highest BCUT2D eigenvalue weighted by Gasteiger charge is 2.30. The largest absolute Gasteiger partial charge is 0.454 e. The van der Waals surface area contributed by atoms with Gasteiger partial charge in [-0.3, -0.25) is 4.79 Å². The number of ether oxygens (including phenoxy) is 1. The van der Waals surface area contributed by atoms with E-state index < -0.39 is 10.0 Å². The Morgan fingerprint density at radius 1 is 1.11 bits per heavy atom. The van der Waals surface area contributed by atoms with E-state index in [4.69, 9.17) is 16.3 Å². The number of piperidine rings is 1. The molecule has 0 radical (unpaired) electrons. The van der Waals surface area contributed by atoms with Crippen LogP contribution >= 0.6 is 11.6 Å². The van der Waals surface area contributed by atoms with E-state index in [0.717, 1.165) is 0 Å². The van der Waals surface area contributed by atoms with Crippen LogP contribution in [-0.4, -0.2) is 37.5 Å². The molecule has 6 nitrogen and oxygen atoms in total. The first-order chi connectivity index (χ1) is 13.4. The molecule has 28 heavy (non-hydrogen) atoms. The second-order valence-corrected chi connectivity index (χ2v) is 9.26. The third-order valence-corrected chi connectivity index (χ3v) is 6.98. The normalized spacial score (nSPS) is 15.9. The van der Waals surface area contributed by atoms with E-state index in [2.05, 4.69) is 5.32 Å². The number of para-hydroxylation sites is 3. The third kappa shape index (κ3) is 4.84. The SMILES string of the molecule is CCS(=O)(=O)N1CCC(C(=O)Nc2ccccc2Oc2ccccc2Cl)CC1. The van der Waals surface area contributed by atoms with Crippen LogP contribution in [0.4, 0.5) is 5.69 Å². The maximum Gasteiger partial charge on any atom is 0.227 e. The van der Waals surface area contributed by atoms with Gasteiger partial charge in [-0.15, -0.1) is 0 Å². The first-order valence-electron chi connectivity index (χ1n) is 9.21. The van der Waals surface area contributed by atoms with Crippen LogP contribution in [0.25, 0.3) is 0 Å². The van der Waals surface area contributed by atoms with Gasteiger partial charge in [-0.05, 0) is 44.0 Å². The van der Waals surface area contributed by atoms with Crippen molar-refractivity contribution in [1.29, 1.82) is 0 Å². The topological polar surface area (TPSA) is 75.7 Å². The number of rotatable bonds is 6. The van der Waals surface area contributed by atoms with E-state index in [1.807, 2.05) is 24.3 Å². The second kappa shape index (κ2) is 8.94. The van der Waals surface area contributed by atoms with Crippen molar-refractivity contribution in [2.24, 2.45) is 5.92 Å². The minimum absolute atomic E-state index is 0.0800. The fourth-order valence-corrected chi connectivity index (χ4v) is 4.43. The van der Waals surface area contributed by atoms with E-state index in [1.165, 1.54) is 4.31 Å². The van der Waals surface area contributed by atoms with Gasteiger partial charge >= 0.3 is 0 Å². The zero-order valence-electron chi connectivity index (χ0n) is 15.6. The van der Waals surface area contributed by atoms with Gasteiger partial charge in [-0.2, -0.15) is 0 Å². The number of nitrogens with zero attached hydrogens (tertiary/aromatic N) is 1. The van der Waals surface area contributed by atoms with Crippen LogP contribution in [0.15, 0.2) is 48.5 Å². The van der Waals surface area contributed by atoms with Gasteiger partial charge in [-0.1, -0.05) is 35.9 Å². The first-order valence-corrected chi connectivity index (χ1v) is 11.2. The van der Waals surface area contributed by atoms with Crippen molar-refractivity contribution in [3.8, 4) is 11.5 Å². The summed E-state index contributed by atoms with van der Waals surface area (Å²) in [5.41, 5.74) is 0.552. The van der Waals surface area contributed by atoms with Gasteiger partial charge in [0.15, 0.2) is 5.75 Å². The number of nitrogens with one attached hydrogen (secondary N) is 1. The smallest absolute Gasteiger partial charge is 0.227 e. The molecule has 1 fully saturated rings. The summed E-state index contributed by atoms with van der Waals surface area (Å²) in [6, 6.07) is 14.3. The number of sulfonamides is 1. The maximum atomic E-state index is 12.7. The van der Waals surface area contributed by atoms with Gasteiger partial charge in [-0.25, -0.2) is 12.7 Å². The average Bonchev–Trinajstić information content (AvgIpc) is 2.71. The summed E-state index contributed by atoms with van der Waals surface area (Å²) in [4.78, 5) is 12.7. The van der Waals surface area contributed by atoms with Crippen molar-refractivity contribution in [3.05, 3.63) is 53.6 Å². The van der Waals surface area contributed by atoms with Crippen LogP contribution in [-0.2, 0) is 14.8 Å². The molecule has 0 atom stereocenters. The van der Waals surface area contributed by atoms with Crippen molar-refractivity contribution in [3.63, 3.8) is 0 Å². The number of hydrogen-bond donors (Lipinski definition) is 1. The molecular weight excluding hydrogens is 400 g/mol. The minimum Gasteiger partial charge on any atom is -0.454 e. The second-order valence-electron chi connectivity index (χ2n) is 6.59. The number of hydrogen-bond acceptors (Lipinski definition) is 4. The Balaban J connectivity index is 1.66. The van der Waals surface area contributed by atoms with Crippen LogP contribution in [0.1, 0.15) is 19.8 Å². The number of carbonyl (C=O) groups excluding carboxylic acids is 1. The van der Waals surface area contributed by atoms with Crippen molar-refractivity contribution in [2.45, 2.75) is 19.8 Å². The van der Waals surface area contributed by atoms with Crippen LogP contribution in [0.2, 0.25) is 5.02 Å². The number of halogens is 1. The van der Waals surface area contributed by atoms with E-state index in [1.54, 1.807) is 31.2 Å². The maximum absolute atomic E-state index is 12.7. The summed E-state index contributed by atoms with van der Waals surface area (Å²) in [5, 5.41) is 3.39. The minimum atomic E-state index is -3.21. The average molecular weight is 423 g/mol. The highest BCUT2D eigenvalue weighted by atomic mass is 35.5. The Hall–Kier alpha value is -2.09. The molecule has 8 heteroatoms. The fraction of sp³-hybridized carbons (Fsp3) is 0.350. The predicted octanol–water partition coefficient (Wildman–Crippen LogP) is 4.13. The van der Waals surface area contributed by atoms with Crippen molar-refractivity contribution in [1.82, 2.24) is 4.31 Å². The molecule has 0 aromatic heterocycles. The molecule has 1 aliphatic heterocycles. The van der Waals surface area contributed by atoms with Gasteiger partial charge < -0.3 is 10.1 Å². The zero-order valence-corrected chi connectivity index (χ0v) is 17.2. The monoisotopic (exact) mass is 422 g/mol. The Morgan fingerprint density at radius 3 is 2.36 bits per heavy atom. The first kappa shape index (κ1) is 20.6. The Bertz CT molecular complexity index is 941. The molecule has 0 bridgehead atoms. The summed E-state index contributed by atoms with van der Waals surface area (Å²) < 4.78 is 31.3. The van der Waals surface area contributed by atoms with Gasteiger partial charge in [0.25, 0.3) is 0 Å². The molecule has 3 rings (SSSR count). The van der Waals surface area contributed by atoms with Gasteiger partial charge in [0.1, 0.15) is 5.75 Å². The number of amides is 1. The zero-order chi connectivity index (χ0) is 20.1. The van der Waals surface area contributed by atoms with Crippen molar-refractivity contribution < 1.29 is 17.9 Å². The summed E-state index contributed by atoms with van der Waals surface area (Å²) >= 11 is 6.15. The van der Waals surface area contributed by atoms with E-state index >= 15 is 0 Å². The Morgan fingerprint density at radius 2 is 1.71 bits per heavy atom. The van der Waals surface area contributed by atoms with Gasteiger partial charge in [0.05, 0.1) is 16.5 Å². The fourth-order valence-electron chi connectivity index (χ4n) is 3.12. The van der Waals surface area contributed by atoms with E-state index in [0.29, 0.717) is 48.1 Å². The van der Waals surface area contributed by atoms with Crippen molar-refractivity contribution >= 4 is 33.2 Å². The molecule has 1 heterocycles. The third-order valence-electron chi connectivity index (χ3n) is 4.78. The van der Waals surface area contributed by atoms with Crippen LogP contribution < -0.4 is 10.1 Å². The quantitative estimate of drug-likeness (QED) is 0.759. The highest BCUT2D eigenvalue weighted by molar-refractivity contribution is 7.89. The lowest BCUT2D eigenvalue weighted by molar-refractivity contribution is -0.120. The molecule has 1 N–H and O–H groups in total. The molecule has 1 saturated heterocycles. The summed E-state index contributed by atoms with van der Waals surface area (Å²) in [6.45, 7) is 2.36. The molecule has 1 amide bonds. The lowest BCUT2D eigenvalue weighted by Crippen LogP contribution is -2.42. The molecular formula is C20H23ClN2O4S. The van der Waals surface area contributed by atoms with Crippen LogP contribution in [0.5, 0.6) is 11.5 Å². The summed E-state index contributed by atoms with van der Waals surface area (Å²) in [7, 11) is -3.21. The van der Waals surface area contributed by atoms with Gasteiger partial charge in [0, 0.05) is 19.0 Å². The van der Waals surface area contributed by atoms with Gasteiger partial charge in [0.2, 0.25) is 15.9 Å². The van der Waals surface area contributed by atoms with Crippen molar-refractivity contribution in [2.75, 3.05) is 24.2 Å². The Kier molecular flexibility index (Phi) is 6.59. The lowest BCUT2D eigenvalue weighted by Gasteiger charge is -2.30.